The molecule has 0 unspecified atom stereocenters. The van der Waals surface area contributed by atoms with Crippen molar-refractivity contribution in [3.63, 3.8) is 0 Å². The van der Waals surface area contributed by atoms with Gasteiger partial charge in [0.15, 0.2) is 18.5 Å². The molecule has 0 saturated heterocycles. The number of imidazole rings is 2. The van der Waals surface area contributed by atoms with E-state index in [1.54, 1.807) is 6.26 Å². The number of anilines is 3. The Morgan fingerprint density at radius 3 is 1.15 bits per heavy atom. The third kappa shape index (κ3) is 13.1. The highest BCUT2D eigenvalue weighted by Crippen LogP contribution is 2.49. The smallest absolute Gasteiger partial charge is 0.438 e. The van der Waals surface area contributed by atoms with E-state index in [4.69, 9.17) is 27.6 Å². The summed E-state index contributed by atoms with van der Waals surface area (Å²) in [6.45, 7) is 51.6. The van der Waals surface area contributed by atoms with Gasteiger partial charge in [-0.25, -0.2) is 43.0 Å². The van der Waals surface area contributed by atoms with Crippen LogP contribution in [-0.4, -0.2) is 57.3 Å². The van der Waals surface area contributed by atoms with E-state index in [2.05, 4.69) is 382 Å². The number of furan rings is 3. The third-order valence-corrected chi connectivity index (χ3v) is 25.4. The van der Waals surface area contributed by atoms with Crippen LogP contribution in [0.5, 0.6) is 0 Å². The van der Waals surface area contributed by atoms with E-state index in [1.165, 1.54) is 78.0 Å². The molecular formula is C100H117N14O4+3. The Hall–Kier alpha value is -11.9. The number of oxazole rings is 1. The van der Waals surface area contributed by atoms with Crippen molar-refractivity contribution in [2.45, 2.75) is 218 Å². The molecule has 0 aliphatic carbocycles. The number of benzene rings is 6. The Balaban J connectivity index is 0.000000135. The van der Waals surface area contributed by atoms with E-state index in [0.717, 1.165) is 84.1 Å². The molecule has 3 aliphatic heterocycles. The average Bonchev–Trinajstić information content (AvgIpc) is 1.56. The number of nitrogens with zero attached hydrogens (tertiary/aromatic N) is 14. The molecule has 3 aliphatic rings. The van der Waals surface area contributed by atoms with Crippen LogP contribution in [0.2, 0.25) is 0 Å². The number of aromatic nitrogens is 8. The number of pyridine rings is 3. The van der Waals surface area contributed by atoms with Gasteiger partial charge in [-0.1, -0.05) is 122 Å². The van der Waals surface area contributed by atoms with Gasteiger partial charge in [0.05, 0.1) is 56.4 Å². The summed E-state index contributed by atoms with van der Waals surface area (Å²) in [4.78, 5) is 28.4. The van der Waals surface area contributed by atoms with Crippen LogP contribution in [0.3, 0.4) is 0 Å². The highest BCUT2D eigenvalue weighted by Gasteiger charge is 2.48. The van der Waals surface area contributed by atoms with Crippen LogP contribution in [0.4, 0.5) is 17.9 Å². The van der Waals surface area contributed by atoms with Crippen molar-refractivity contribution in [1.29, 1.82) is 0 Å². The summed E-state index contributed by atoms with van der Waals surface area (Å²) in [5, 5.41) is 6.65. The summed E-state index contributed by atoms with van der Waals surface area (Å²) in [6, 6.07) is 48.6. The maximum Gasteiger partial charge on any atom is 0.462 e. The maximum atomic E-state index is 6.31. The first-order valence-corrected chi connectivity index (χ1v) is 42.0. The quantitative estimate of drug-likeness (QED) is 0.0903. The van der Waals surface area contributed by atoms with Crippen LogP contribution in [0, 0.1) is 41.5 Å². The van der Waals surface area contributed by atoms with Crippen molar-refractivity contribution < 1.29 is 31.4 Å². The molecule has 12 heterocycles. The fourth-order valence-electron chi connectivity index (χ4n) is 19.7. The maximum absolute atomic E-state index is 6.31. The minimum Gasteiger partial charge on any atom is -0.438 e. The molecule has 0 radical (unpaired) electrons. The lowest BCUT2D eigenvalue weighted by Gasteiger charge is -2.41. The van der Waals surface area contributed by atoms with E-state index < -0.39 is 0 Å². The summed E-state index contributed by atoms with van der Waals surface area (Å²) in [5.74, 6) is 3.85. The molecule has 18 nitrogen and oxygen atoms in total. The van der Waals surface area contributed by atoms with Crippen molar-refractivity contribution in [3.8, 4) is 11.4 Å². The van der Waals surface area contributed by atoms with Crippen LogP contribution in [0.15, 0.2) is 213 Å². The number of hydrogen-bond donors (Lipinski definition) is 0. The molecule has 0 saturated carbocycles. The van der Waals surface area contributed by atoms with Crippen molar-refractivity contribution in [2.24, 2.45) is 21.1 Å². The monoisotopic (exact) mass is 1580 g/mol. The van der Waals surface area contributed by atoms with E-state index >= 15 is 0 Å². The molecule has 0 spiro atoms. The first-order valence-electron chi connectivity index (χ1n) is 42.0. The fraction of sp³-hybridized carbons (Fsp3) is 0.360. The topological polar surface area (TPSA) is 132 Å². The van der Waals surface area contributed by atoms with Crippen LogP contribution in [-0.2, 0) is 37.8 Å². The van der Waals surface area contributed by atoms with Crippen molar-refractivity contribution in [1.82, 2.24) is 38.8 Å². The van der Waals surface area contributed by atoms with Crippen LogP contribution in [0.25, 0.3) is 88.6 Å². The second-order valence-electron chi connectivity index (χ2n) is 35.8. The Morgan fingerprint density at radius 2 is 0.763 bits per heavy atom. The van der Waals surface area contributed by atoms with Crippen molar-refractivity contribution in [3.05, 3.63) is 268 Å². The number of rotatable bonds is 15. The molecule has 6 aromatic carbocycles. The first kappa shape index (κ1) is 79.9. The lowest BCUT2D eigenvalue weighted by Crippen LogP contribution is -2.49. The van der Waals surface area contributed by atoms with E-state index in [9.17, 15) is 0 Å². The number of para-hydroxylation sites is 4. The normalized spacial score (nSPS) is 16.1. The van der Waals surface area contributed by atoms with Crippen LogP contribution >= 0.6 is 0 Å². The van der Waals surface area contributed by atoms with Gasteiger partial charge in [0, 0.05) is 68.0 Å². The fourth-order valence-corrected chi connectivity index (χ4v) is 19.7. The SMILES string of the molecule is Cc1ccc2c(n1)oc1ccc(C)c(C(C)(C)N3C=CN(c4n(-c5c(C(C)C)cccc5C(C)C)c5ccccc5[n+]4C)[C@H]3C)c12.Cc1ccc2c(n1)oc1ccc(C)c(C(C)(C)N3C=CN(c4n(-c5c(C(C)C)cccc5C(C)C)cc[n+]4C)[C@H]3C)c12.Cc1ccc2c(n1)oc1ccc(C)c(C(C)(C)N3C=CN(c4occ[n+]4C)[C@H]3C)c12. The Morgan fingerprint density at radius 1 is 0.390 bits per heavy atom. The number of fused-ring (bicyclic) bond motifs is 10. The minimum atomic E-state index is -0.357. The Kier molecular flexibility index (Phi) is 20.3. The zero-order chi connectivity index (χ0) is 83.9. The highest BCUT2D eigenvalue weighted by molar-refractivity contribution is 6.08. The standard InChI is InChI=1S/C40H46N5O.C36H44N5O.C24H27N4O2/c1-24(2)29-14-13-15-30(25(3)4)37(29)45-33-17-12-11-16-32(33)42(10)39(45)43-22-23-44(28(43)7)40(8,9)36-26(5)18-21-34-35(36)31-20-19-27(6)41-38(31)46-34;1-22(2)27-12-11-13-28(23(3)4)33(27)40-19-18-38(10)35(40)39-20-21-41(26(39)7)36(8,9)32-24(5)14-17-30-31(32)29-16-15-25(6)37-34(29)42-30;1-15-7-10-19-20(18-9-8-16(2)25-22(18)30-19)21(15)24(4,5)28-12-11-27(17(28)3)23-26(6)13-14-29-23/h11-25,28H,1-10H3;11-23,26H,1-10H3;7-14,17H,1-6H3/q3*+1/t28-;26-;17-/m111/s1. The van der Waals surface area contributed by atoms with Gasteiger partial charge in [-0.3, -0.25) is 0 Å². The third-order valence-electron chi connectivity index (χ3n) is 25.4. The van der Waals surface area contributed by atoms with Gasteiger partial charge in [-0.2, -0.15) is 9.47 Å². The van der Waals surface area contributed by atoms with Gasteiger partial charge in [0.25, 0.3) is 0 Å². The van der Waals surface area contributed by atoms with E-state index in [1.807, 2.05) is 44.6 Å². The lowest BCUT2D eigenvalue weighted by atomic mass is 9.85. The predicted octanol–water partition coefficient (Wildman–Crippen LogP) is 22.7. The average molecular weight is 1580 g/mol. The number of hydrogen-bond acceptors (Lipinski definition) is 13. The summed E-state index contributed by atoms with van der Waals surface area (Å²) in [7, 11) is 6.34. The van der Waals surface area contributed by atoms with Gasteiger partial charge in [0.1, 0.15) is 64.0 Å². The van der Waals surface area contributed by atoms with E-state index in [0.29, 0.717) is 40.8 Å². The second-order valence-corrected chi connectivity index (χ2v) is 35.8. The highest BCUT2D eigenvalue weighted by atomic mass is 16.4. The second kappa shape index (κ2) is 29.9. The van der Waals surface area contributed by atoms with Gasteiger partial charge in [0.2, 0.25) is 17.1 Å². The molecule has 608 valence electrons. The molecule has 15 aromatic rings. The van der Waals surface area contributed by atoms with E-state index in [-0.39, 0.29) is 35.1 Å². The zero-order valence-corrected chi connectivity index (χ0v) is 73.9. The Labute approximate surface area is 694 Å². The van der Waals surface area contributed by atoms with Gasteiger partial charge < -0.3 is 32.4 Å². The zero-order valence-electron chi connectivity index (χ0n) is 73.9. The molecule has 0 bridgehead atoms. The summed E-state index contributed by atoms with van der Waals surface area (Å²) >= 11 is 0. The lowest BCUT2D eigenvalue weighted by molar-refractivity contribution is -0.660. The molecule has 18 heteroatoms. The van der Waals surface area contributed by atoms with Crippen molar-refractivity contribution >= 4 is 95.2 Å². The van der Waals surface area contributed by atoms with Crippen molar-refractivity contribution in [2.75, 3.05) is 14.7 Å². The molecule has 18 rings (SSSR count). The largest absolute Gasteiger partial charge is 0.462 e. The molecular weight excluding hydrogens is 1460 g/mol. The van der Waals surface area contributed by atoms with Gasteiger partial charge in [-0.15, -0.1) is 0 Å². The summed E-state index contributed by atoms with van der Waals surface area (Å²) < 4.78 is 35.9. The van der Waals surface area contributed by atoms with Gasteiger partial charge >= 0.3 is 17.9 Å². The minimum absolute atomic E-state index is 0.0335. The number of aryl methyl sites for hydroxylation is 9. The molecule has 118 heavy (non-hydrogen) atoms. The van der Waals surface area contributed by atoms with Crippen LogP contribution in [0.1, 0.15) is 214 Å². The van der Waals surface area contributed by atoms with Crippen LogP contribution < -0.4 is 28.4 Å². The predicted molar refractivity (Wildman–Crippen MR) is 478 cm³/mol. The molecule has 9 aromatic heterocycles. The molecule has 0 amide bonds. The van der Waals surface area contributed by atoms with Gasteiger partial charge in [-0.05, 0) is 250 Å². The summed E-state index contributed by atoms with van der Waals surface area (Å²) in [6.07, 6.45) is 21.5. The molecule has 3 atom stereocenters. The molecule has 0 fully saturated rings. The first-order chi connectivity index (χ1) is 56.1. The molecule has 0 N–H and O–H groups in total. The summed E-state index contributed by atoms with van der Waals surface area (Å²) in [5.41, 5.74) is 24.6. The Bertz CT molecular complexity index is 6470.